The molecule has 0 radical (unpaired) electrons. The van der Waals surface area contributed by atoms with Crippen LogP contribution in [0, 0.1) is 6.92 Å². The summed E-state index contributed by atoms with van der Waals surface area (Å²) >= 11 is 5.91. The predicted molar refractivity (Wildman–Crippen MR) is 60.0 cm³/mol. The van der Waals surface area contributed by atoms with Gasteiger partial charge in [-0.15, -0.1) is 0 Å². The largest absolute Gasteiger partial charge is 0.415 e. The highest BCUT2D eigenvalue weighted by Gasteiger charge is 2.37. The van der Waals surface area contributed by atoms with Crippen molar-refractivity contribution in [3.63, 3.8) is 0 Å². The van der Waals surface area contributed by atoms with Gasteiger partial charge < -0.3 is 10.4 Å². The van der Waals surface area contributed by atoms with Gasteiger partial charge in [-0.2, -0.15) is 13.2 Å². The molecule has 1 unspecified atom stereocenters. The van der Waals surface area contributed by atoms with Crippen molar-refractivity contribution in [2.75, 3.05) is 6.54 Å². The Bertz CT molecular complexity index is 381. The normalized spacial score (nSPS) is 13.8. The Morgan fingerprint density at radius 2 is 2.06 bits per heavy atom. The third-order valence-corrected chi connectivity index (χ3v) is 2.59. The number of aryl methyl sites for hydroxylation is 1. The van der Waals surface area contributed by atoms with Gasteiger partial charge in [-0.05, 0) is 24.1 Å². The van der Waals surface area contributed by atoms with E-state index in [4.69, 9.17) is 16.7 Å². The van der Waals surface area contributed by atoms with E-state index in [0.717, 1.165) is 5.56 Å². The molecule has 0 aliphatic carbocycles. The van der Waals surface area contributed by atoms with Crippen LogP contribution >= 0.6 is 11.6 Å². The fraction of sp³-hybridized carbons (Fsp3) is 0.455. The maximum Gasteiger partial charge on any atom is 0.415 e. The Morgan fingerprint density at radius 3 is 2.59 bits per heavy atom. The van der Waals surface area contributed by atoms with Gasteiger partial charge in [0.05, 0.1) is 0 Å². The maximum atomic E-state index is 12.0. The third-order valence-electron chi connectivity index (χ3n) is 2.24. The van der Waals surface area contributed by atoms with E-state index >= 15 is 0 Å². The average Bonchev–Trinajstić information content (AvgIpc) is 2.19. The molecule has 2 N–H and O–H groups in total. The smallest absolute Gasteiger partial charge is 0.382 e. The van der Waals surface area contributed by atoms with E-state index in [1.165, 1.54) is 0 Å². The zero-order valence-electron chi connectivity index (χ0n) is 9.18. The van der Waals surface area contributed by atoms with Gasteiger partial charge in [0.25, 0.3) is 0 Å². The van der Waals surface area contributed by atoms with Crippen molar-refractivity contribution in [3.05, 3.63) is 34.3 Å². The van der Waals surface area contributed by atoms with E-state index in [2.05, 4.69) is 5.32 Å². The number of benzene rings is 1. The molecule has 0 aliphatic heterocycles. The molecule has 0 heterocycles. The Morgan fingerprint density at radius 1 is 1.41 bits per heavy atom. The molecule has 0 fully saturated rings. The van der Waals surface area contributed by atoms with Crippen LogP contribution in [0.25, 0.3) is 0 Å². The summed E-state index contributed by atoms with van der Waals surface area (Å²) < 4.78 is 36.0. The van der Waals surface area contributed by atoms with Crippen LogP contribution in [0.15, 0.2) is 18.2 Å². The van der Waals surface area contributed by atoms with E-state index in [-0.39, 0.29) is 6.54 Å². The molecule has 1 rings (SSSR count). The molecule has 6 heteroatoms. The summed E-state index contributed by atoms with van der Waals surface area (Å²) in [5.74, 6) is 0. The molecule has 0 bridgehead atoms. The minimum absolute atomic E-state index is 0.187. The predicted octanol–water partition coefficient (Wildman–Crippen LogP) is 2.66. The first-order valence-electron chi connectivity index (χ1n) is 5.01. The number of halogens is 4. The third kappa shape index (κ3) is 4.53. The SMILES string of the molecule is Cc1ccc(CNCC(O)C(F)(F)F)c(Cl)c1. The monoisotopic (exact) mass is 267 g/mol. The molecule has 0 aromatic heterocycles. The second kappa shape index (κ2) is 5.71. The van der Waals surface area contributed by atoms with Gasteiger partial charge in [-0.1, -0.05) is 23.7 Å². The molecular weight excluding hydrogens is 255 g/mol. The lowest BCUT2D eigenvalue weighted by Gasteiger charge is -2.15. The number of nitrogens with one attached hydrogen (secondary N) is 1. The molecule has 0 aliphatic rings. The summed E-state index contributed by atoms with van der Waals surface area (Å²) in [5.41, 5.74) is 1.68. The van der Waals surface area contributed by atoms with E-state index in [9.17, 15) is 13.2 Å². The second-order valence-electron chi connectivity index (χ2n) is 3.78. The first kappa shape index (κ1) is 14.3. The van der Waals surface area contributed by atoms with Crippen molar-refractivity contribution < 1.29 is 18.3 Å². The van der Waals surface area contributed by atoms with Crippen molar-refractivity contribution in [1.82, 2.24) is 5.32 Å². The van der Waals surface area contributed by atoms with Gasteiger partial charge in [0.2, 0.25) is 0 Å². The van der Waals surface area contributed by atoms with Crippen LogP contribution < -0.4 is 5.32 Å². The van der Waals surface area contributed by atoms with Gasteiger partial charge in [-0.25, -0.2) is 0 Å². The maximum absolute atomic E-state index is 12.0. The van der Waals surface area contributed by atoms with Crippen LogP contribution in [0.4, 0.5) is 13.2 Å². The van der Waals surface area contributed by atoms with Crippen LogP contribution in [-0.2, 0) is 6.54 Å². The van der Waals surface area contributed by atoms with Crippen molar-refractivity contribution in [3.8, 4) is 0 Å². The Labute approximate surface area is 102 Å². The summed E-state index contributed by atoms with van der Waals surface area (Å²) in [5, 5.41) is 11.8. The lowest BCUT2D eigenvalue weighted by Crippen LogP contribution is -2.38. The van der Waals surface area contributed by atoms with Gasteiger partial charge in [0, 0.05) is 18.1 Å². The Balaban J connectivity index is 2.46. The fourth-order valence-corrected chi connectivity index (χ4v) is 1.56. The van der Waals surface area contributed by atoms with Crippen LogP contribution in [0.5, 0.6) is 0 Å². The molecule has 0 amide bonds. The molecule has 1 aromatic carbocycles. The molecule has 0 saturated heterocycles. The van der Waals surface area contributed by atoms with Crippen molar-refractivity contribution in [2.45, 2.75) is 25.7 Å². The highest BCUT2D eigenvalue weighted by Crippen LogP contribution is 2.20. The van der Waals surface area contributed by atoms with Gasteiger partial charge in [0.15, 0.2) is 6.10 Å². The topological polar surface area (TPSA) is 32.3 Å². The second-order valence-corrected chi connectivity index (χ2v) is 4.19. The van der Waals surface area contributed by atoms with E-state index in [0.29, 0.717) is 10.6 Å². The highest BCUT2D eigenvalue weighted by atomic mass is 35.5. The van der Waals surface area contributed by atoms with Gasteiger partial charge in [-0.3, -0.25) is 0 Å². The number of alkyl halides is 3. The molecule has 0 saturated carbocycles. The number of rotatable bonds is 4. The summed E-state index contributed by atoms with van der Waals surface area (Å²) in [6, 6.07) is 5.30. The minimum Gasteiger partial charge on any atom is -0.382 e. The van der Waals surface area contributed by atoms with Crippen LogP contribution in [0.3, 0.4) is 0 Å². The van der Waals surface area contributed by atoms with E-state index in [1.54, 1.807) is 12.1 Å². The van der Waals surface area contributed by atoms with Gasteiger partial charge >= 0.3 is 6.18 Å². The average molecular weight is 268 g/mol. The van der Waals surface area contributed by atoms with Crippen LogP contribution in [-0.4, -0.2) is 23.9 Å². The zero-order chi connectivity index (χ0) is 13.1. The first-order valence-corrected chi connectivity index (χ1v) is 5.39. The van der Waals surface area contributed by atoms with Gasteiger partial charge in [0.1, 0.15) is 0 Å². The lowest BCUT2D eigenvalue weighted by molar-refractivity contribution is -0.201. The number of hydrogen-bond donors (Lipinski definition) is 2. The summed E-state index contributed by atoms with van der Waals surface area (Å²) in [6.07, 6.45) is -6.95. The standard InChI is InChI=1S/C11H13ClF3NO/c1-7-2-3-8(9(12)4-7)5-16-6-10(17)11(13,14)15/h2-4,10,16-17H,5-6H2,1H3. The summed E-state index contributed by atoms with van der Waals surface area (Å²) in [4.78, 5) is 0. The Hall–Kier alpha value is -0.780. The number of hydrogen-bond acceptors (Lipinski definition) is 2. The van der Waals surface area contributed by atoms with Crippen molar-refractivity contribution in [1.29, 1.82) is 0 Å². The fourth-order valence-electron chi connectivity index (χ4n) is 1.25. The van der Waals surface area contributed by atoms with E-state index in [1.807, 2.05) is 13.0 Å². The van der Waals surface area contributed by atoms with Crippen LogP contribution in [0.1, 0.15) is 11.1 Å². The van der Waals surface area contributed by atoms with Crippen molar-refractivity contribution in [2.24, 2.45) is 0 Å². The number of aliphatic hydroxyl groups excluding tert-OH is 1. The summed E-state index contributed by atoms with van der Waals surface area (Å²) in [7, 11) is 0. The molecule has 17 heavy (non-hydrogen) atoms. The zero-order valence-corrected chi connectivity index (χ0v) is 9.94. The van der Waals surface area contributed by atoms with E-state index < -0.39 is 18.8 Å². The molecule has 96 valence electrons. The van der Waals surface area contributed by atoms with Crippen LogP contribution in [0.2, 0.25) is 5.02 Å². The molecule has 1 aromatic rings. The van der Waals surface area contributed by atoms with Crippen molar-refractivity contribution >= 4 is 11.6 Å². The molecular formula is C11H13ClF3NO. The summed E-state index contributed by atoms with van der Waals surface area (Å²) in [6.45, 7) is 1.51. The highest BCUT2D eigenvalue weighted by molar-refractivity contribution is 6.31. The lowest BCUT2D eigenvalue weighted by atomic mass is 10.1. The molecule has 2 nitrogen and oxygen atoms in total. The Kier molecular flexibility index (Phi) is 4.80. The quantitative estimate of drug-likeness (QED) is 0.879. The number of aliphatic hydroxyl groups is 1. The molecule has 0 spiro atoms. The minimum atomic E-state index is -4.59. The first-order chi connectivity index (χ1) is 7.80. The molecule has 1 atom stereocenters.